The van der Waals surface area contributed by atoms with Gasteiger partial charge in [0.05, 0.1) is 0 Å². The van der Waals surface area contributed by atoms with Crippen molar-refractivity contribution in [2.75, 3.05) is 6.54 Å². The monoisotopic (exact) mass is 245 g/mol. The van der Waals surface area contributed by atoms with E-state index in [1.54, 1.807) is 0 Å². The molecule has 1 aromatic carbocycles. The van der Waals surface area contributed by atoms with Crippen LogP contribution in [0.4, 0.5) is 0 Å². The third-order valence-electron chi connectivity index (χ3n) is 5.30. The minimum Gasteiger partial charge on any atom is -0.314 e. The van der Waals surface area contributed by atoms with Crippen LogP contribution in [0.5, 0.6) is 0 Å². The van der Waals surface area contributed by atoms with Gasteiger partial charge in [-0.1, -0.05) is 65.0 Å². The Morgan fingerprint density at radius 2 is 1.61 bits per heavy atom. The Kier molecular flexibility index (Phi) is 3.55. The molecule has 100 valence electrons. The molecule has 2 rings (SSSR count). The van der Waals surface area contributed by atoms with E-state index in [9.17, 15) is 0 Å². The van der Waals surface area contributed by atoms with Crippen LogP contribution in [-0.4, -0.2) is 12.6 Å². The van der Waals surface area contributed by atoms with E-state index in [0.29, 0.717) is 16.9 Å². The molecule has 0 spiro atoms. The van der Waals surface area contributed by atoms with E-state index in [1.807, 2.05) is 0 Å². The van der Waals surface area contributed by atoms with Gasteiger partial charge < -0.3 is 5.32 Å². The fraction of sp³-hybridized carbons (Fsp3) is 0.647. The van der Waals surface area contributed by atoms with Gasteiger partial charge in [-0.3, -0.25) is 0 Å². The average molecular weight is 245 g/mol. The molecule has 1 aromatic rings. The zero-order valence-electron chi connectivity index (χ0n) is 12.5. The van der Waals surface area contributed by atoms with Crippen LogP contribution in [0.3, 0.4) is 0 Å². The highest BCUT2D eigenvalue weighted by molar-refractivity contribution is 5.21. The van der Waals surface area contributed by atoms with E-state index in [4.69, 9.17) is 0 Å². The Bertz CT molecular complexity index is 377. The van der Waals surface area contributed by atoms with Crippen LogP contribution in [0.1, 0.15) is 40.2 Å². The third kappa shape index (κ3) is 2.21. The third-order valence-corrected chi connectivity index (χ3v) is 5.30. The summed E-state index contributed by atoms with van der Waals surface area (Å²) in [5.74, 6) is 0.769. The molecule has 1 atom stereocenters. The molecule has 1 fully saturated rings. The Morgan fingerprint density at radius 1 is 1.06 bits per heavy atom. The molecule has 0 aliphatic heterocycles. The van der Waals surface area contributed by atoms with Crippen molar-refractivity contribution in [3.63, 3.8) is 0 Å². The molecule has 1 aliphatic rings. The Labute approximate surface area is 112 Å². The fourth-order valence-electron chi connectivity index (χ4n) is 3.69. The summed E-state index contributed by atoms with van der Waals surface area (Å²) < 4.78 is 0. The lowest BCUT2D eigenvalue weighted by atomic mass is 9.97. The van der Waals surface area contributed by atoms with Crippen molar-refractivity contribution in [3.05, 3.63) is 35.9 Å². The van der Waals surface area contributed by atoms with Gasteiger partial charge in [-0.2, -0.15) is 0 Å². The molecule has 1 unspecified atom stereocenters. The molecule has 18 heavy (non-hydrogen) atoms. The van der Waals surface area contributed by atoms with Gasteiger partial charge in [-0.15, -0.1) is 0 Å². The summed E-state index contributed by atoms with van der Waals surface area (Å²) in [5, 5.41) is 3.70. The van der Waals surface area contributed by atoms with Crippen LogP contribution in [0.2, 0.25) is 0 Å². The van der Waals surface area contributed by atoms with Crippen molar-refractivity contribution in [3.8, 4) is 0 Å². The number of hydrogen-bond acceptors (Lipinski definition) is 1. The first-order chi connectivity index (χ1) is 8.41. The largest absolute Gasteiger partial charge is 0.314 e. The van der Waals surface area contributed by atoms with Gasteiger partial charge in [-0.25, -0.2) is 0 Å². The molecule has 1 nitrogen and oxygen atoms in total. The van der Waals surface area contributed by atoms with Crippen molar-refractivity contribution in [1.82, 2.24) is 5.32 Å². The smallest absolute Gasteiger partial charge is 0.0146 e. The van der Waals surface area contributed by atoms with Crippen molar-refractivity contribution < 1.29 is 0 Å². The maximum atomic E-state index is 3.70. The second kappa shape index (κ2) is 4.70. The second-order valence-electron chi connectivity index (χ2n) is 6.77. The average Bonchev–Trinajstić information content (AvgIpc) is 2.70. The number of rotatable bonds is 5. The molecular weight excluding hydrogens is 218 g/mol. The van der Waals surface area contributed by atoms with Crippen molar-refractivity contribution >= 4 is 0 Å². The molecule has 1 heteroatoms. The van der Waals surface area contributed by atoms with Crippen LogP contribution >= 0.6 is 0 Å². The lowest BCUT2D eigenvalue weighted by molar-refractivity contribution is 0.403. The molecule has 0 saturated heterocycles. The van der Waals surface area contributed by atoms with Crippen molar-refractivity contribution in [2.24, 2.45) is 16.7 Å². The van der Waals surface area contributed by atoms with E-state index < -0.39 is 0 Å². The summed E-state index contributed by atoms with van der Waals surface area (Å²) in [7, 11) is 0. The minimum atomic E-state index is 0.453. The Hall–Kier alpha value is -0.820. The summed E-state index contributed by atoms with van der Waals surface area (Å²) in [4.78, 5) is 0. The van der Waals surface area contributed by atoms with Crippen molar-refractivity contribution in [2.45, 2.75) is 47.1 Å². The zero-order chi connectivity index (χ0) is 13.4. The number of hydrogen-bond donors (Lipinski definition) is 1. The summed E-state index contributed by atoms with van der Waals surface area (Å²) in [6, 6.07) is 11.5. The number of nitrogens with one attached hydrogen (secondary N) is 1. The molecule has 1 saturated carbocycles. The molecular formula is C17H27N. The molecule has 0 aromatic heterocycles. The van der Waals surface area contributed by atoms with Crippen LogP contribution in [0.15, 0.2) is 30.3 Å². The van der Waals surface area contributed by atoms with Gasteiger partial charge in [0.15, 0.2) is 0 Å². The second-order valence-corrected chi connectivity index (χ2v) is 6.77. The van der Waals surface area contributed by atoms with Gasteiger partial charge in [0.1, 0.15) is 0 Å². The topological polar surface area (TPSA) is 12.0 Å². The molecule has 0 bridgehead atoms. The van der Waals surface area contributed by atoms with E-state index >= 15 is 0 Å². The van der Waals surface area contributed by atoms with Crippen LogP contribution in [0.25, 0.3) is 0 Å². The highest BCUT2D eigenvalue weighted by Crippen LogP contribution is 2.69. The quantitative estimate of drug-likeness (QED) is 0.830. The Balaban J connectivity index is 2.11. The summed E-state index contributed by atoms with van der Waals surface area (Å²) in [5.41, 5.74) is 2.35. The SMILES string of the molecule is CCNC(Cc1ccccc1)C1C(C)(C)C1(C)C. The van der Waals surface area contributed by atoms with Gasteiger partial charge in [0.2, 0.25) is 0 Å². The van der Waals surface area contributed by atoms with Crippen molar-refractivity contribution in [1.29, 1.82) is 0 Å². The molecule has 0 amide bonds. The molecule has 1 N–H and O–H groups in total. The molecule has 0 radical (unpaired) electrons. The van der Waals surface area contributed by atoms with Crippen LogP contribution in [0, 0.1) is 16.7 Å². The summed E-state index contributed by atoms with van der Waals surface area (Å²) >= 11 is 0. The minimum absolute atomic E-state index is 0.453. The first-order valence-corrected chi connectivity index (χ1v) is 7.18. The first-order valence-electron chi connectivity index (χ1n) is 7.18. The van der Waals surface area contributed by atoms with E-state index in [0.717, 1.165) is 18.9 Å². The van der Waals surface area contributed by atoms with E-state index in [1.165, 1.54) is 5.56 Å². The number of benzene rings is 1. The number of likely N-dealkylation sites (N-methyl/N-ethyl adjacent to an activating group) is 1. The van der Waals surface area contributed by atoms with Gasteiger partial charge in [-0.05, 0) is 35.3 Å². The highest BCUT2D eigenvalue weighted by atomic mass is 15.0. The predicted octanol–water partition coefficient (Wildman–Crippen LogP) is 3.89. The van der Waals surface area contributed by atoms with E-state index in [-0.39, 0.29) is 0 Å². The normalized spacial score (nSPS) is 22.7. The first kappa shape index (κ1) is 13.6. The van der Waals surface area contributed by atoms with Gasteiger partial charge >= 0.3 is 0 Å². The predicted molar refractivity (Wildman–Crippen MR) is 78.7 cm³/mol. The van der Waals surface area contributed by atoms with Gasteiger partial charge in [0, 0.05) is 6.04 Å². The molecule has 0 heterocycles. The lowest BCUT2D eigenvalue weighted by Crippen LogP contribution is -2.35. The standard InChI is InChI=1S/C17H27N/c1-6-18-14(12-13-10-8-7-9-11-13)15-16(2,3)17(15,4)5/h7-11,14-15,18H,6,12H2,1-5H3. The summed E-state index contributed by atoms with van der Waals surface area (Å²) in [6.07, 6.45) is 1.15. The van der Waals surface area contributed by atoms with Crippen LogP contribution < -0.4 is 5.32 Å². The lowest BCUT2D eigenvalue weighted by Gasteiger charge is -2.20. The Morgan fingerprint density at radius 3 is 2.06 bits per heavy atom. The van der Waals surface area contributed by atoms with E-state index in [2.05, 4.69) is 70.3 Å². The maximum Gasteiger partial charge on any atom is 0.0146 e. The highest BCUT2D eigenvalue weighted by Gasteiger charge is 2.66. The summed E-state index contributed by atoms with van der Waals surface area (Å²) in [6.45, 7) is 12.9. The fourth-order valence-corrected chi connectivity index (χ4v) is 3.69. The maximum absolute atomic E-state index is 3.70. The molecule has 1 aliphatic carbocycles. The zero-order valence-corrected chi connectivity index (χ0v) is 12.5. The van der Waals surface area contributed by atoms with Gasteiger partial charge in [0.25, 0.3) is 0 Å². The van der Waals surface area contributed by atoms with Crippen LogP contribution in [-0.2, 0) is 6.42 Å².